The molecule has 1 amide bonds. The lowest BCUT2D eigenvalue weighted by molar-refractivity contribution is -0.113. The van der Waals surface area contributed by atoms with Gasteiger partial charge in [0.1, 0.15) is 6.61 Å². The number of amides is 1. The third kappa shape index (κ3) is 5.37. The molecule has 0 unspecified atom stereocenters. The number of thioether (sulfide) groups is 1. The van der Waals surface area contributed by atoms with Crippen LogP contribution in [0.2, 0.25) is 0 Å². The number of thiocarbonyl (C=S) groups is 1. The topological polar surface area (TPSA) is 38.8 Å². The largest absolute Gasteiger partial charge is 0.490 e. The highest BCUT2D eigenvalue weighted by atomic mass is 79.9. The lowest BCUT2D eigenvalue weighted by atomic mass is 10.1. The Labute approximate surface area is 240 Å². The molecule has 1 aliphatic heterocycles. The van der Waals surface area contributed by atoms with Crippen LogP contribution < -0.4 is 14.4 Å². The summed E-state index contributed by atoms with van der Waals surface area (Å²) in [4.78, 5) is 15.5. The van der Waals surface area contributed by atoms with Gasteiger partial charge in [-0.2, -0.15) is 0 Å². The highest BCUT2D eigenvalue weighted by Gasteiger charge is 2.34. The summed E-state index contributed by atoms with van der Waals surface area (Å²) < 4.78 is 13.5. The van der Waals surface area contributed by atoms with Crippen molar-refractivity contribution in [3.63, 3.8) is 0 Å². The minimum atomic E-state index is -0.127. The molecule has 4 aromatic carbocycles. The second-order valence-corrected chi connectivity index (χ2v) is 11.5. The van der Waals surface area contributed by atoms with E-state index in [1.165, 1.54) is 17.1 Å². The van der Waals surface area contributed by atoms with Crippen LogP contribution in [-0.2, 0) is 11.4 Å². The average Bonchev–Trinajstić information content (AvgIpc) is 3.16. The van der Waals surface area contributed by atoms with E-state index in [4.69, 9.17) is 21.7 Å². The number of halogens is 1. The maximum atomic E-state index is 13.4. The molecule has 0 radical (unpaired) electrons. The molecule has 38 heavy (non-hydrogen) atoms. The van der Waals surface area contributed by atoms with Crippen LogP contribution in [0, 0.1) is 13.8 Å². The molecule has 192 valence electrons. The third-order valence-corrected chi connectivity index (χ3v) is 8.16. The summed E-state index contributed by atoms with van der Waals surface area (Å²) in [5.74, 6) is 1.11. The Morgan fingerprint density at radius 1 is 1.00 bits per heavy atom. The molecule has 5 rings (SSSR count). The predicted molar refractivity (Wildman–Crippen MR) is 165 cm³/mol. The Balaban J connectivity index is 1.43. The predicted octanol–water partition coefficient (Wildman–Crippen LogP) is 8.60. The van der Waals surface area contributed by atoms with Crippen LogP contribution in [0.15, 0.2) is 82.2 Å². The Hall–Kier alpha value is -3.13. The first-order chi connectivity index (χ1) is 18.4. The molecule has 0 aromatic heterocycles. The monoisotopic (exact) mass is 603 g/mol. The molecular weight excluding hydrogens is 578 g/mol. The highest BCUT2D eigenvalue weighted by molar-refractivity contribution is 9.10. The van der Waals surface area contributed by atoms with E-state index in [0.29, 0.717) is 33.9 Å². The molecule has 4 nitrogen and oxygen atoms in total. The molecule has 1 saturated heterocycles. The van der Waals surface area contributed by atoms with Gasteiger partial charge in [0.15, 0.2) is 15.8 Å². The summed E-state index contributed by atoms with van der Waals surface area (Å²) in [6.45, 7) is 6.84. The number of hydrogen-bond acceptors (Lipinski definition) is 5. The molecule has 7 heteroatoms. The van der Waals surface area contributed by atoms with Crippen molar-refractivity contribution in [1.82, 2.24) is 0 Å². The number of carbonyl (C=O) groups excluding carboxylic acids is 1. The number of carbonyl (C=O) groups is 1. The maximum absolute atomic E-state index is 13.4. The Kier molecular flexibility index (Phi) is 7.88. The molecule has 4 aromatic rings. The number of rotatable bonds is 7. The number of aryl methyl sites for hydroxylation is 2. The number of benzene rings is 4. The fourth-order valence-electron chi connectivity index (χ4n) is 4.53. The van der Waals surface area contributed by atoms with Gasteiger partial charge in [0.05, 0.1) is 21.7 Å². The van der Waals surface area contributed by atoms with E-state index in [-0.39, 0.29) is 5.91 Å². The first-order valence-corrected chi connectivity index (χ1v) is 14.3. The number of nitrogens with zero attached hydrogens (tertiary/aromatic N) is 1. The van der Waals surface area contributed by atoms with Crippen molar-refractivity contribution in [2.45, 2.75) is 27.4 Å². The standard InChI is InChI=1S/C31H26BrNO3S2/c1-4-35-27-16-21(17-28-30(34)33(31(37)38-28)26-13-12-19(2)14-20(26)3)15-25(32)29(27)36-18-23-10-7-9-22-8-5-6-11-24(22)23/h5-17H,4,18H2,1-3H3/b28-17-. The van der Waals surface area contributed by atoms with E-state index in [0.717, 1.165) is 37.8 Å². The van der Waals surface area contributed by atoms with Gasteiger partial charge in [-0.1, -0.05) is 84.1 Å². The van der Waals surface area contributed by atoms with Gasteiger partial charge in [-0.25, -0.2) is 0 Å². The summed E-state index contributed by atoms with van der Waals surface area (Å²) in [5, 5.41) is 2.33. The number of fused-ring (bicyclic) bond motifs is 1. The minimum Gasteiger partial charge on any atom is -0.490 e. The van der Waals surface area contributed by atoms with Gasteiger partial charge in [-0.3, -0.25) is 9.69 Å². The zero-order chi connectivity index (χ0) is 26.8. The molecular formula is C31H26BrNO3S2. The summed E-state index contributed by atoms with van der Waals surface area (Å²) in [6.07, 6.45) is 1.85. The van der Waals surface area contributed by atoms with Gasteiger partial charge in [0.2, 0.25) is 0 Å². The normalized spacial score (nSPS) is 14.5. The number of hydrogen-bond donors (Lipinski definition) is 0. The Bertz CT molecular complexity index is 1590. The SMILES string of the molecule is CCOc1cc(/C=C2\SC(=S)N(c3ccc(C)cc3C)C2=O)cc(Br)c1OCc1cccc2ccccc12. The molecule has 0 bridgehead atoms. The summed E-state index contributed by atoms with van der Waals surface area (Å²) in [5.41, 5.74) is 4.88. The molecule has 0 atom stereocenters. The van der Waals surface area contributed by atoms with E-state index in [1.807, 2.05) is 69.3 Å². The van der Waals surface area contributed by atoms with Gasteiger partial charge in [0.25, 0.3) is 5.91 Å². The van der Waals surface area contributed by atoms with E-state index < -0.39 is 0 Å². The van der Waals surface area contributed by atoms with E-state index in [2.05, 4.69) is 46.3 Å². The van der Waals surface area contributed by atoms with E-state index in [1.54, 1.807) is 4.90 Å². The van der Waals surface area contributed by atoms with Crippen molar-refractivity contribution in [3.8, 4) is 11.5 Å². The van der Waals surface area contributed by atoms with Crippen LogP contribution in [0.25, 0.3) is 16.8 Å². The molecule has 1 heterocycles. The first kappa shape index (κ1) is 26.5. The number of ether oxygens (including phenoxy) is 2. The first-order valence-electron chi connectivity index (χ1n) is 12.3. The Morgan fingerprint density at radius 3 is 2.58 bits per heavy atom. The second kappa shape index (κ2) is 11.3. The molecule has 0 saturated carbocycles. The van der Waals surface area contributed by atoms with Gasteiger partial charge >= 0.3 is 0 Å². The Morgan fingerprint density at radius 2 is 1.79 bits per heavy atom. The van der Waals surface area contributed by atoms with E-state index in [9.17, 15) is 4.79 Å². The van der Waals surface area contributed by atoms with Crippen LogP contribution in [0.4, 0.5) is 5.69 Å². The maximum Gasteiger partial charge on any atom is 0.270 e. The van der Waals surface area contributed by atoms with Crippen molar-refractivity contribution >= 4 is 72.7 Å². The second-order valence-electron chi connectivity index (χ2n) is 9.00. The molecule has 0 spiro atoms. The minimum absolute atomic E-state index is 0.127. The fourth-order valence-corrected chi connectivity index (χ4v) is 6.38. The van der Waals surface area contributed by atoms with Crippen molar-refractivity contribution in [3.05, 3.63) is 104 Å². The van der Waals surface area contributed by atoms with Crippen LogP contribution >= 0.6 is 39.9 Å². The van der Waals surface area contributed by atoms with Gasteiger partial charge in [-0.05, 0) is 88.4 Å². The zero-order valence-electron chi connectivity index (χ0n) is 21.3. The lowest BCUT2D eigenvalue weighted by Crippen LogP contribution is -2.28. The van der Waals surface area contributed by atoms with Gasteiger partial charge in [-0.15, -0.1) is 0 Å². The molecule has 1 aliphatic rings. The highest BCUT2D eigenvalue weighted by Crippen LogP contribution is 2.41. The van der Waals surface area contributed by atoms with Crippen molar-refractivity contribution < 1.29 is 14.3 Å². The lowest BCUT2D eigenvalue weighted by Gasteiger charge is -2.17. The molecule has 1 fully saturated rings. The van der Waals surface area contributed by atoms with Gasteiger partial charge in [0, 0.05) is 0 Å². The quantitative estimate of drug-likeness (QED) is 0.156. The summed E-state index contributed by atoms with van der Waals surface area (Å²) >= 11 is 10.6. The van der Waals surface area contributed by atoms with Crippen LogP contribution in [0.5, 0.6) is 11.5 Å². The van der Waals surface area contributed by atoms with Crippen molar-refractivity contribution in [1.29, 1.82) is 0 Å². The fraction of sp³-hybridized carbons (Fsp3) is 0.161. The van der Waals surface area contributed by atoms with Crippen LogP contribution in [0.1, 0.15) is 29.2 Å². The molecule has 0 aliphatic carbocycles. The smallest absolute Gasteiger partial charge is 0.270 e. The van der Waals surface area contributed by atoms with Crippen LogP contribution in [-0.4, -0.2) is 16.8 Å². The van der Waals surface area contributed by atoms with E-state index >= 15 is 0 Å². The summed E-state index contributed by atoms with van der Waals surface area (Å²) in [7, 11) is 0. The van der Waals surface area contributed by atoms with Crippen molar-refractivity contribution in [2.24, 2.45) is 0 Å². The average molecular weight is 605 g/mol. The zero-order valence-corrected chi connectivity index (χ0v) is 24.5. The van der Waals surface area contributed by atoms with Gasteiger partial charge < -0.3 is 9.47 Å². The van der Waals surface area contributed by atoms with Crippen LogP contribution in [0.3, 0.4) is 0 Å². The van der Waals surface area contributed by atoms with Crippen molar-refractivity contribution in [2.75, 3.05) is 11.5 Å². The summed E-state index contributed by atoms with van der Waals surface area (Å²) in [6, 6.07) is 24.3. The molecule has 0 N–H and O–H groups in total. The number of anilines is 1. The third-order valence-electron chi connectivity index (χ3n) is 6.27.